The van der Waals surface area contributed by atoms with Crippen LogP contribution in [-0.4, -0.2) is 70.0 Å². The quantitative estimate of drug-likeness (QED) is 0.0195. The molecule has 0 rings (SSSR count). The summed E-state index contributed by atoms with van der Waals surface area (Å²) >= 11 is 0. The summed E-state index contributed by atoms with van der Waals surface area (Å²) in [6, 6.07) is 0. The maximum absolute atomic E-state index is 12.9. The van der Waals surface area contributed by atoms with Crippen molar-refractivity contribution in [2.24, 2.45) is 0 Å². The maximum Gasteiger partial charge on any atom is 0.306 e. The molecule has 0 amide bonds. The van der Waals surface area contributed by atoms with E-state index >= 15 is 0 Å². The average molecular weight is 1370 g/mol. The summed E-state index contributed by atoms with van der Waals surface area (Å²) in [5.41, 5.74) is 0. The van der Waals surface area contributed by atoms with E-state index in [4.69, 9.17) is 18.5 Å². The van der Waals surface area contributed by atoms with E-state index in [-0.39, 0.29) is 32.0 Å². The highest BCUT2D eigenvalue weighted by atomic mass is 31.2. The van der Waals surface area contributed by atoms with Crippen molar-refractivity contribution in [2.45, 2.75) is 405 Å². The van der Waals surface area contributed by atoms with Crippen LogP contribution in [0.2, 0.25) is 0 Å². The maximum atomic E-state index is 12.9. The Labute approximate surface area is 596 Å². The molecule has 0 aliphatic heterocycles. The summed E-state index contributed by atoms with van der Waals surface area (Å²) in [6.45, 7) is 4.18. The molecule has 0 radical (unpaired) electrons. The number of quaternary nitrogens is 1. The van der Waals surface area contributed by atoms with Crippen LogP contribution in [0.4, 0.5) is 0 Å². The number of allylic oxidation sites excluding steroid dienone is 14. The van der Waals surface area contributed by atoms with Gasteiger partial charge in [0, 0.05) is 12.8 Å². The summed E-state index contributed by atoms with van der Waals surface area (Å²) in [6.07, 6.45) is 106. The number of carbonyl (C=O) groups excluding carboxylic acids is 2. The number of carbonyl (C=O) groups is 2. The molecule has 0 fully saturated rings. The molecule has 2 atom stereocenters. The number of nitrogens with zero attached hydrogens (tertiary/aromatic N) is 1. The normalized spacial score (nSPS) is 13.4. The van der Waals surface area contributed by atoms with Gasteiger partial charge in [0.2, 0.25) is 0 Å². The lowest BCUT2D eigenvalue weighted by molar-refractivity contribution is -0.870. The van der Waals surface area contributed by atoms with Gasteiger partial charge in [0.15, 0.2) is 6.10 Å². The first-order chi connectivity index (χ1) is 47.0. The minimum Gasteiger partial charge on any atom is -0.756 e. The fourth-order valence-corrected chi connectivity index (χ4v) is 12.9. The second kappa shape index (κ2) is 76.4. The van der Waals surface area contributed by atoms with Crippen LogP contribution in [0.25, 0.3) is 0 Å². The Bertz CT molecular complexity index is 1900. The molecule has 560 valence electrons. The molecule has 0 aliphatic rings. The number of likely N-dealkylation sites (N-methyl/N-ethyl adjacent to an activating group) is 1. The first kappa shape index (κ1) is 93.2. The molecule has 0 heterocycles. The Hall–Kier alpha value is -2.81. The van der Waals surface area contributed by atoms with Crippen LogP contribution in [0.1, 0.15) is 399 Å². The molecule has 0 saturated carbocycles. The van der Waals surface area contributed by atoms with Gasteiger partial charge in [-0.25, -0.2) is 0 Å². The van der Waals surface area contributed by atoms with Crippen LogP contribution >= 0.6 is 7.82 Å². The van der Waals surface area contributed by atoms with Crippen LogP contribution in [-0.2, 0) is 32.7 Å². The minimum atomic E-state index is -4.65. The van der Waals surface area contributed by atoms with Crippen molar-refractivity contribution in [1.82, 2.24) is 0 Å². The molecule has 0 saturated heterocycles. The topological polar surface area (TPSA) is 111 Å². The lowest BCUT2D eigenvalue weighted by Crippen LogP contribution is -2.37. The predicted octanol–water partition coefficient (Wildman–Crippen LogP) is 27.0. The van der Waals surface area contributed by atoms with E-state index < -0.39 is 26.5 Å². The molecule has 96 heavy (non-hydrogen) atoms. The fourth-order valence-electron chi connectivity index (χ4n) is 12.1. The molecule has 0 aliphatic carbocycles. The molecule has 0 aromatic heterocycles. The van der Waals surface area contributed by atoms with Crippen molar-refractivity contribution in [3.63, 3.8) is 0 Å². The Morgan fingerprint density at radius 2 is 0.594 bits per heavy atom. The van der Waals surface area contributed by atoms with E-state index in [0.717, 1.165) is 70.6 Å². The SMILES string of the molecule is CC/C=C\C/C=C\C/C=C\C/C=C\CCCCCCCCCCCCCCCCCCCCCCC(=O)OC(COC(=O)CCCCCCCCCCCCCCCCCCCCCCCCCC/C=C\C/C=C\C/C=C\CCCCCCC)COP(=O)([O-])OCC[N+](C)(C)C. The lowest BCUT2D eigenvalue weighted by Gasteiger charge is -2.28. The lowest BCUT2D eigenvalue weighted by atomic mass is 10.0. The smallest absolute Gasteiger partial charge is 0.306 e. The van der Waals surface area contributed by atoms with Crippen LogP contribution in [0.5, 0.6) is 0 Å². The zero-order valence-electron chi connectivity index (χ0n) is 64.1. The zero-order valence-corrected chi connectivity index (χ0v) is 65.0. The van der Waals surface area contributed by atoms with Crippen LogP contribution in [0.3, 0.4) is 0 Å². The third-order valence-electron chi connectivity index (χ3n) is 18.4. The van der Waals surface area contributed by atoms with E-state index in [0.29, 0.717) is 17.4 Å². The van der Waals surface area contributed by atoms with Gasteiger partial charge in [-0.1, -0.05) is 381 Å². The Morgan fingerprint density at radius 1 is 0.333 bits per heavy atom. The number of hydrogen-bond acceptors (Lipinski definition) is 8. The minimum absolute atomic E-state index is 0.0297. The monoisotopic (exact) mass is 1360 g/mol. The highest BCUT2D eigenvalue weighted by Gasteiger charge is 2.22. The van der Waals surface area contributed by atoms with Gasteiger partial charge < -0.3 is 27.9 Å². The first-order valence-corrected chi connectivity index (χ1v) is 42.8. The van der Waals surface area contributed by atoms with Gasteiger partial charge in [-0.15, -0.1) is 0 Å². The molecule has 9 nitrogen and oxygen atoms in total. The highest BCUT2D eigenvalue weighted by molar-refractivity contribution is 7.45. The standard InChI is InChI=1S/C86H158NO8P/c1-6-8-10-12-14-16-18-20-22-24-26-28-30-32-34-36-38-40-41-42-43-44-45-47-48-50-52-54-56-58-60-62-64-66-68-70-72-74-76-78-85(88)92-82-84(83-94-96(90,91)93-81-80-87(3,4)5)95-86(89)79-77-75-73-71-69-67-65-63-61-59-57-55-53-51-49-46-39-37-35-33-31-29-27-25-23-21-19-17-15-13-11-9-7-2/h9,11,15,17-18,20-21,23-24,26-27,29-30,32,84H,6-8,10,12-14,16,19,22,25,28,31,33-83H2,1-5H3/b11-9-,17-15-,20-18-,23-21-,26-24-,29-27-,32-30-. The van der Waals surface area contributed by atoms with Gasteiger partial charge in [0.05, 0.1) is 27.7 Å². The molecule has 0 spiro atoms. The van der Waals surface area contributed by atoms with Crippen LogP contribution in [0, 0.1) is 0 Å². The van der Waals surface area contributed by atoms with E-state index in [2.05, 4.69) is 98.9 Å². The molecule has 0 aromatic rings. The number of ether oxygens (including phenoxy) is 2. The van der Waals surface area contributed by atoms with Crippen molar-refractivity contribution in [3.8, 4) is 0 Å². The third-order valence-corrected chi connectivity index (χ3v) is 19.4. The van der Waals surface area contributed by atoms with Crippen molar-refractivity contribution in [3.05, 3.63) is 85.1 Å². The number of esters is 2. The van der Waals surface area contributed by atoms with E-state index in [9.17, 15) is 19.0 Å². The first-order valence-electron chi connectivity index (χ1n) is 41.3. The molecule has 10 heteroatoms. The second-order valence-electron chi connectivity index (χ2n) is 29.1. The third kappa shape index (κ3) is 80.2. The molecular weight excluding hydrogens is 1210 g/mol. The molecule has 0 bridgehead atoms. The summed E-state index contributed by atoms with van der Waals surface area (Å²) in [5.74, 6) is -0.812. The Kier molecular flexibility index (Phi) is 74.1. The van der Waals surface area contributed by atoms with Gasteiger partial charge >= 0.3 is 11.9 Å². The van der Waals surface area contributed by atoms with Gasteiger partial charge in [-0.05, 0) is 89.9 Å². The highest BCUT2D eigenvalue weighted by Crippen LogP contribution is 2.38. The van der Waals surface area contributed by atoms with Crippen molar-refractivity contribution >= 4 is 19.8 Å². The number of rotatable bonds is 77. The molecule has 2 unspecified atom stereocenters. The van der Waals surface area contributed by atoms with Gasteiger partial charge in [0.1, 0.15) is 19.8 Å². The Balaban J connectivity index is 3.90. The number of phosphoric acid groups is 1. The largest absolute Gasteiger partial charge is 0.756 e. The summed E-state index contributed by atoms with van der Waals surface area (Å²) < 4.78 is 34.4. The number of hydrogen-bond donors (Lipinski definition) is 0. The molecule has 0 N–H and O–H groups in total. The fraction of sp³-hybridized carbons (Fsp3) is 0.814. The Morgan fingerprint density at radius 3 is 0.885 bits per heavy atom. The summed E-state index contributed by atoms with van der Waals surface area (Å²) in [7, 11) is 1.18. The van der Waals surface area contributed by atoms with Gasteiger partial charge in [-0.3, -0.25) is 14.2 Å². The zero-order chi connectivity index (χ0) is 69.7. The van der Waals surface area contributed by atoms with Crippen molar-refractivity contribution in [1.29, 1.82) is 0 Å². The van der Waals surface area contributed by atoms with Crippen LogP contribution < -0.4 is 4.89 Å². The number of phosphoric ester groups is 1. The van der Waals surface area contributed by atoms with Crippen molar-refractivity contribution in [2.75, 3.05) is 47.5 Å². The second-order valence-corrected chi connectivity index (χ2v) is 30.5. The summed E-state index contributed by atoms with van der Waals surface area (Å²) in [4.78, 5) is 38.2. The summed E-state index contributed by atoms with van der Waals surface area (Å²) in [5, 5.41) is 0. The van der Waals surface area contributed by atoms with Gasteiger partial charge in [-0.2, -0.15) is 0 Å². The predicted molar refractivity (Wildman–Crippen MR) is 416 cm³/mol. The van der Waals surface area contributed by atoms with Crippen molar-refractivity contribution < 1.29 is 42.1 Å². The van der Waals surface area contributed by atoms with E-state index in [1.165, 1.54) is 295 Å². The van der Waals surface area contributed by atoms with Gasteiger partial charge in [0.25, 0.3) is 7.82 Å². The van der Waals surface area contributed by atoms with E-state index in [1.807, 2.05) is 21.1 Å². The average Bonchev–Trinajstić information content (AvgIpc) is 1.48. The molecular formula is C86H158NO8P. The van der Waals surface area contributed by atoms with Crippen LogP contribution in [0.15, 0.2) is 85.1 Å². The number of unbranched alkanes of at least 4 members (excludes halogenated alkanes) is 49. The molecule has 0 aromatic carbocycles. The van der Waals surface area contributed by atoms with E-state index in [1.54, 1.807) is 0 Å².